The average Bonchev–Trinajstić information content (AvgIpc) is 3.25. The van der Waals surface area contributed by atoms with E-state index in [0.29, 0.717) is 0 Å². The molecular weight excluding hydrogens is 437 g/mol. The maximum atomic E-state index is 12.0. The Bertz CT molecular complexity index is 1070. The second-order valence-electron chi connectivity index (χ2n) is 6.69. The van der Waals surface area contributed by atoms with Crippen LogP contribution in [0.15, 0.2) is 23.8 Å². The molecular formula is C16H22N5O9P. The molecule has 0 bridgehead atoms. The first kappa shape index (κ1) is 23.2. The van der Waals surface area contributed by atoms with E-state index in [1.165, 1.54) is 10.9 Å². The van der Waals surface area contributed by atoms with Crippen LogP contribution in [0.5, 0.6) is 0 Å². The Balaban J connectivity index is 1.62. The van der Waals surface area contributed by atoms with Gasteiger partial charge in [-0.25, -0.2) is 9.55 Å². The second-order valence-corrected chi connectivity index (χ2v) is 8.15. The van der Waals surface area contributed by atoms with Gasteiger partial charge in [-0.05, 0) is 12.5 Å². The van der Waals surface area contributed by atoms with Gasteiger partial charge in [0.15, 0.2) is 23.2 Å². The number of imidazole rings is 1. The van der Waals surface area contributed by atoms with Gasteiger partial charge in [0.1, 0.15) is 18.3 Å². The lowest BCUT2D eigenvalue weighted by atomic mass is 10.1. The van der Waals surface area contributed by atoms with Crippen LogP contribution in [0, 0.1) is 0 Å². The topological polar surface area (TPSA) is 212 Å². The van der Waals surface area contributed by atoms with Crippen molar-refractivity contribution in [2.24, 2.45) is 0 Å². The van der Waals surface area contributed by atoms with Crippen molar-refractivity contribution in [3.05, 3.63) is 29.3 Å². The van der Waals surface area contributed by atoms with E-state index in [1.807, 2.05) is 0 Å². The van der Waals surface area contributed by atoms with Gasteiger partial charge < -0.3 is 25.6 Å². The van der Waals surface area contributed by atoms with Gasteiger partial charge in [0.05, 0.1) is 19.5 Å². The van der Waals surface area contributed by atoms with Crippen LogP contribution in [0.2, 0.25) is 0 Å². The number of aliphatic hydroxyl groups excluding tert-OH is 2. The molecule has 1 fully saturated rings. The normalized spacial score (nSPS) is 25.5. The Morgan fingerprint density at radius 1 is 1.42 bits per heavy atom. The number of rotatable bonds is 10. The molecule has 6 N–H and O–H groups in total. The molecule has 15 heteroatoms. The third kappa shape index (κ3) is 5.25. The molecule has 0 amide bonds. The zero-order valence-electron chi connectivity index (χ0n) is 16.2. The van der Waals surface area contributed by atoms with E-state index in [4.69, 9.17) is 19.5 Å². The molecule has 1 saturated heterocycles. The van der Waals surface area contributed by atoms with Gasteiger partial charge >= 0.3 is 7.82 Å². The number of carbonyl (C=O) groups excluding carboxylic acids is 1. The second kappa shape index (κ2) is 9.36. The summed E-state index contributed by atoms with van der Waals surface area (Å²) in [5.74, 6) is -0.412. The van der Waals surface area contributed by atoms with Crippen LogP contribution in [-0.2, 0) is 23.1 Å². The van der Waals surface area contributed by atoms with Crippen LogP contribution < -0.4 is 11.3 Å². The van der Waals surface area contributed by atoms with E-state index in [1.54, 1.807) is 0 Å². The minimum atomic E-state index is -4.50. The number of phosphoric ester groups is 1. The summed E-state index contributed by atoms with van der Waals surface area (Å²) in [7, 11) is -4.50. The van der Waals surface area contributed by atoms with Gasteiger partial charge in [-0.15, -0.1) is 0 Å². The molecule has 3 heterocycles. The number of allylic oxidation sites excluding steroid dienone is 1. The predicted molar refractivity (Wildman–Crippen MR) is 105 cm³/mol. The van der Waals surface area contributed by atoms with Crippen LogP contribution in [0.4, 0.5) is 5.95 Å². The van der Waals surface area contributed by atoms with Gasteiger partial charge in [0.2, 0.25) is 5.95 Å². The highest BCUT2D eigenvalue weighted by Gasteiger charge is 2.45. The highest BCUT2D eigenvalue weighted by molar-refractivity contribution is 7.47. The Morgan fingerprint density at radius 2 is 2.16 bits per heavy atom. The molecule has 0 aliphatic carbocycles. The number of aromatic nitrogens is 4. The Kier molecular flexibility index (Phi) is 7.01. The zero-order valence-corrected chi connectivity index (χ0v) is 17.1. The molecule has 1 aliphatic rings. The third-order valence-electron chi connectivity index (χ3n) is 4.51. The number of aromatic amines is 1. The maximum Gasteiger partial charge on any atom is 0.472 e. The number of fused-ring (bicyclic) bond motifs is 1. The van der Waals surface area contributed by atoms with Crippen molar-refractivity contribution in [3.8, 4) is 0 Å². The molecule has 1 unspecified atom stereocenters. The molecule has 0 saturated carbocycles. The Morgan fingerprint density at radius 3 is 2.87 bits per heavy atom. The fraction of sp³-hybridized carbons (Fsp3) is 0.500. The van der Waals surface area contributed by atoms with E-state index >= 15 is 0 Å². The molecule has 1 aliphatic heterocycles. The lowest BCUT2D eigenvalue weighted by Gasteiger charge is -2.17. The number of nitrogens with two attached hydrogens (primary N) is 1. The Labute approximate surface area is 174 Å². The number of nitrogens with zero attached hydrogens (tertiary/aromatic N) is 3. The smallest absolute Gasteiger partial charge is 0.387 e. The van der Waals surface area contributed by atoms with Gasteiger partial charge in [-0.1, -0.05) is 6.58 Å². The van der Waals surface area contributed by atoms with E-state index in [2.05, 4.69) is 21.5 Å². The SMILES string of the molecule is C=CC(=O)CCCOP(=O)(O)OC[C@H]1O[C@@H](n2cnc3c(=O)[nH]c(N)nc32)[C@H](O)[C@@H]1O. The molecule has 0 radical (unpaired) electrons. The molecule has 2 aromatic rings. The summed E-state index contributed by atoms with van der Waals surface area (Å²) in [5, 5.41) is 20.6. The number of phosphoric acid groups is 1. The number of nitrogen functional groups attached to an aromatic ring is 1. The zero-order chi connectivity index (χ0) is 22.8. The van der Waals surface area contributed by atoms with Gasteiger partial charge in [0, 0.05) is 6.42 Å². The van der Waals surface area contributed by atoms with Crippen LogP contribution in [0.25, 0.3) is 11.2 Å². The van der Waals surface area contributed by atoms with E-state index in [-0.39, 0.29) is 42.3 Å². The lowest BCUT2D eigenvalue weighted by molar-refractivity contribution is -0.114. The molecule has 5 atom stereocenters. The van der Waals surface area contributed by atoms with Crippen molar-refractivity contribution in [3.63, 3.8) is 0 Å². The largest absolute Gasteiger partial charge is 0.472 e. The van der Waals surface area contributed by atoms with Crippen molar-refractivity contribution >= 4 is 30.7 Å². The molecule has 0 aromatic carbocycles. The summed E-state index contributed by atoms with van der Waals surface area (Å²) in [6.07, 6.45) is -2.80. The summed E-state index contributed by atoms with van der Waals surface area (Å²) in [6.45, 7) is 2.52. The summed E-state index contributed by atoms with van der Waals surface area (Å²) < 4.78 is 28.3. The average molecular weight is 459 g/mol. The molecule has 170 valence electrons. The number of carbonyl (C=O) groups is 1. The molecule has 3 rings (SSSR count). The minimum Gasteiger partial charge on any atom is -0.387 e. The highest BCUT2D eigenvalue weighted by Crippen LogP contribution is 2.44. The van der Waals surface area contributed by atoms with Crippen molar-refractivity contribution in [1.29, 1.82) is 0 Å². The first-order valence-corrected chi connectivity index (χ1v) is 10.6. The van der Waals surface area contributed by atoms with Crippen LogP contribution in [0.3, 0.4) is 0 Å². The number of H-pyrrole nitrogens is 1. The van der Waals surface area contributed by atoms with Crippen LogP contribution in [-0.4, -0.2) is 71.9 Å². The molecule has 14 nitrogen and oxygen atoms in total. The van der Waals surface area contributed by atoms with E-state index in [9.17, 15) is 29.3 Å². The van der Waals surface area contributed by atoms with Crippen molar-refractivity contribution < 1.29 is 38.3 Å². The standard InChI is InChI=1S/C16H22N5O9P/c1-2-8(22)4-3-5-28-31(26,27)29-6-9-11(23)12(24)15(30-9)21-7-18-10-13(21)19-16(17)20-14(10)25/h2,7,9,11-12,15,23-24H,1,3-6H2,(H,26,27)(H3,17,19,20,25)/t9-,11-,12-,15-/m1/s1. The van der Waals surface area contributed by atoms with Gasteiger partial charge in [-0.3, -0.25) is 28.2 Å². The van der Waals surface area contributed by atoms with Crippen molar-refractivity contribution in [2.45, 2.75) is 37.4 Å². The van der Waals surface area contributed by atoms with Crippen LogP contribution in [0.1, 0.15) is 19.1 Å². The molecule has 0 spiro atoms. The fourth-order valence-electron chi connectivity index (χ4n) is 2.96. The quantitative estimate of drug-likeness (QED) is 0.164. The number of anilines is 1. The summed E-state index contributed by atoms with van der Waals surface area (Å²) >= 11 is 0. The first-order valence-electron chi connectivity index (χ1n) is 9.14. The number of ketones is 1. The van der Waals surface area contributed by atoms with Crippen molar-refractivity contribution in [2.75, 3.05) is 18.9 Å². The van der Waals surface area contributed by atoms with E-state index < -0.39 is 44.5 Å². The first-order chi connectivity index (χ1) is 14.6. The van der Waals surface area contributed by atoms with Gasteiger partial charge in [-0.2, -0.15) is 4.98 Å². The van der Waals surface area contributed by atoms with Crippen molar-refractivity contribution in [1.82, 2.24) is 19.5 Å². The van der Waals surface area contributed by atoms with E-state index in [0.717, 1.165) is 6.08 Å². The number of hydrogen-bond donors (Lipinski definition) is 5. The Hall–Kier alpha value is -2.45. The van der Waals surface area contributed by atoms with Gasteiger partial charge in [0.25, 0.3) is 5.56 Å². The molecule has 2 aromatic heterocycles. The summed E-state index contributed by atoms with van der Waals surface area (Å²) in [6, 6.07) is 0. The molecule has 31 heavy (non-hydrogen) atoms. The monoisotopic (exact) mass is 459 g/mol. The lowest BCUT2D eigenvalue weighted by Crippen LogP contribution is -2.33. The van der Waals surface area contributed by atoms with Crippen LogP contribution >= 0.6 is 7.82 Å². The number of hydrogen-bond acceptors (Lipinski definition) is 11. The predicted octanol–water partition coefficient (Wildman–Crippen LogP) is -1.01. The number of ether oxygens (including phenoxy) is 1. The number of aliphatic hydroxyl groups is 2. The number of nitrogens with one attached hydrogen (secondary N) is 1. The minimum absolute atomic E-state index is 0.0179. The summed E-state index contributed by atoms with van der Waals surface area (Å²) in [5.41, 5.74) is 4.90. The highest BCUT2D eigenvalue weighted by atomic mass is 31.2. The fourth-order valence-corrected chi connectivity index (χ4v) is 3.73. The summed E-state index contributed by atoms with van der Waals surface area (Å²) in [4.78, 5) is 42.9. The third-order valence-corrected chi connectivity index (χ3v) is 5.50. The maximum absolute atomic E-state index is 12.0.